The Balaban J connectivity index is 0. The van der Waals surface area contributed by atoms with Crippen LogP contribution < -0.4 is 11.0 Å². The van der Waals surface area contributed by atoms with Crippen molar-refractivity contribution in [3.05, 3.63) is 0 Å². The summed E-state index contributed by atoms with van der Waals surface area (Å²) in [5, 5.41) is 2.54. The average Bonchev–Trinajstić information content (AvgIpc) is 1.98. The van der Waals surface area contributed by atoms with Crippen molar-refractivity contribution in [1.29, 1.82) is 5.53 Å². The number of carbonyl (C=O) groups is 1. The van der Waals surface area contributed by atoms with Gasteiger partial charge < -0.3 is 0 Å². The summed E-state index contributed by atoms with van der Waals surface area (Å²) in [5.41, 5.74) is 10.3. The van der Waals surface area contributed by atoms with Crippen molar-refractivity contribution >= 4 is 35.6 Å². The molecule has 0 aromatic rings. The monoisotopic (exact) mass is 170 g/mol. The molecule has 0 aliphatic heterocycles. The molecule has 3 N–H and O–H groups in total. The second-order valence-corrected chi connectivity index (χ2v) is 1.49. The predicted octanol–water partition coefficient (Wildman–Crippen LogP) is -0.0753. The average molecular weight is 170 g/mol. The molecule has 0 aromatic carbocycles. The molecule has 0 aliphatic carbocycles. The fraction of sp³-hybridized carbons (Fsp3) is 0.750. The first-order chi connectivity index (χ1) is 4.81. The number of hydrazine groups is 1. The molecule has 0 saturated heterocycles. The second-order valence-electron chi connectivity index (χ2n) is 1.49. The summed E-state index contributed by atoms with van der Waals surface area (Å²) in [6.07, 6.45) is 0.848. The zero-order chi connectivity index (χ0) is 7.82. The zero-order valence-electron chi connectivity index (χ0n) is 5.68. The molecule has 2 amide bonds. The van der Waals surface area contributed by atoms with Gasteiger partial charge in [0.15, 0.2) is 0 Å². The number of hydrogen-bond acceptors (Lipinski definition) is 4. The fourth-order valence-electron chi connectivity index (χ4n) is 0.261. The van der Waals surface area contributed by atoms with Crippen molar-refractivity contribution in [3.8, 4) is 0 Å². The van der Waals surface area contributed by atoms with Crippen molar-refractivity contribution in [3.63, 3.8) is 0 Å². The van der Waals surface area contributed by atoms with Crippen LogP contribution in [0.3, 0.4) is 0 Å². The normalized spacial score (nSPS) is 8.09. The molecule has 0 fully saturated rings. The third kappa shape index (κ3) is 9.99. The number of urea groups is 1. The maximum absolute atomic E-state index is 10.2. The molecule has 0 saturated carbocycles. The van der Waals surface area contributed by atoms with Crippen molar-refractivity contribution in [2.45, 2.75) is 13.3 Å². The van der Waals surface area contributed by atoms with Gasteiger partial charge in [0.2, 0.25) is 0 Å². The Labute approximate surface area is 86.8 Å². The molecule has 7 heteroatoms. The molecule has 0 bridgehead atoms. The van der Waals surface area contributed by atoms with E-state index < -0.39 is 6.03 Å². The minimum atomic E-state index is -0.781. The van der Waals surface area contributed by atoms with Crippen LogP contribution in [-0.4, -0.2) is 42.2 Å². The summed E-state index contributed by atoms with van der Waals surface area (Å²) >= 11 is 0. The van der Waals surface area contributed by atoms with E-state index in [1.54, 1.807) is 0 Å². The van der Waals surface area contributed by atoms with Crippen LogP contribution in [0.15, 0.2) is 5.11 Å². The quantitative estimate of drug-likeness (QED) is 0.239. The molecule has 6 nitrogen and oxygen atoms in total. The number of carbonyl (C=O) groups excluding carboxylic acids is 1. The molecule has 0 heterocycles. The first-order valence-electron chi connectivity index (χ1n) is 2.85. The van der Waals surface area contributed by atoms with Crippen LogP contribution in [0.4, 0.5) is 4.79 Å². The first kappa shape index (κ1) is 13.6. The van der Waals surface area contributed by atoms with E-state index in [0.717, 1.165) is 6.42 Å². The van der Waals surface area contributed by atoms with Crippen LogP contribution in [0.25, 0.3) is 0 Å². The van der Waals surface area contributed by atoms with Gasteiger partial charge in [0.05, 0.1) is 6.61 Å². The van der Waals surface area contributed by atoms with Gasteiger partial charge in [-0.2, -0.15) is 5.53 Å². The summed E-state index contributed by atoms with van der Waals surface area (Å²) in [6.45, 7) is 2.43. The van der Waals surface area contributed by atoms with Gasteiger partial charge in [-0.1, -0.05) is 12.0 Å². The predicted molar refractivity (Wildman–Crippen MR) is 40.2 cm³/mol. The standard InChI is InChI=1S/C4H10N4O2.Na.H/c1-2-3-10-8-7-4(9)6-5;;/h5,8H,2-3H2,1H3,(H,7,9);;. The van der Waals surface area contributed by atoms with Crippen molar-refractivity contribution in [2.75, 3.05) is 6.61 Å². The Morgan fingerprint density at radius 3 is 2.82 bits per heavy atom. The van der Waals surface area contributed by atoms with E-state index in [-0.39, 0.29) is 29.6 Å². The maximum atomic E-state index is 10.2. The Bertz CT molecular complexity index is 121. The molecule has 0 radical (unpaired) electrons. The third-order valence-electron chi connectivity index (χ3n) is 0.638. The molecule has 0 atom stereocenters. The van der Waals surface area contributed by atoms with Crippen LogP contribution in [0.1, 0.15) is 13.3 Å². The molecule has 0 unspecified atom stereocenters. The van der Waals surface area contributed by atoms with Gasteiger partial charge in [-0.3, -0.25) is 4.84 Å². The van der Waals surface area contributed by atoms with Gasteiger partial charge in [-0.25, -0.2) is 10.2 Å². The van der Waals surface area contributed by atoms with E-state index in [1.165, 1.54) is 0 Å². The number of nitrogens with zero attached hydrogens (tertiary/aromatic N) is 1. The molecular weight excluding hydrogens is 159 g/mol. The summed E-state index contributed by atoms with van der Waals surface area (Å²) in [4.78, 5) is 14.8. The number of rotatable bonds is 4. The topological polar surface area (TPSA) is 86.6 Å². The number of amides is 2. The SMILES string of the molecule is CCCONNC(=O)N=N.[NaH]. The van der Waals surface area contributed by atoms with Crippen LogP contribution in [0.5, 0.6) is 0 Å². The first-order valence-corrected chi connectivity index (χ1v) is 2.85. The molecule has 0 aliphatic rings. The Morgan fingerprint density at radius 1 is 1.73 bits per heavy atom. The molecule has 0 aromatic heterocycles. The van der Waals surface area contributed by atoms with Gasteiger partial charge in [-0.05, 0) is 6.42 Å². The van der Waals surface area contributed by atoms with E-state index in [9.17, 15) is 4.79 Å². The van der Waals surface area contributed by atoms with E-state index in [2.05, 4.69) is 15.5 Å². The van der Waals surface area contributed by atoms with Crippen molar-refractivity contribution < 1.29 is 9.63 Å². The van der Waals surface area contributed by atoms with Crippen LogP contribution in [0, 0.1) is 5.53 Å². The molecule has 11 heavy (non-hydrogen) atoms. The molecule has 60 valence electrons. The molecular formula is C4H11N4NaO2. The van der Waals surface area contributed by atoms with Crippen LogP contribution in [-0.2, 0) is 4.84 Å². The van der Waals surface area contributed by atoms with E-state index in [4.69, 9.17) is 5.53 Å². The van der Waals surface area contributed by atoms with Gasteiger partial charge in [0, 0.05) is 0 Å². The Morgan fingerprint density at radius 2 is 2.36 bits per heavy atom. The molecule has 0 spiro atoms. The van der Waals surface area contributed by atoms with Gasteiger partial charge >= 0.3 is 35.6 Å². The second kappa shape index (κ2) is 9.99. The number of nitrogens with one attached hydrogen (secondary N) is 3. The zero-order valence-corrected chi connectivity index (χ0v) is 5.68. The van der Waals surface area contributed by atoms with Crippen LogP contribution >= 0.6 is 0 Å². The van der Waals surface area contributed by atoms with Gasteiger partial charge in [-0.15, -0.1) is 5.59 Å². The van der Waals surface area contributed by atoms with Gasteiger partial charge in [0.25, 0.3) is 0 Å². The van der Waals surface area contributed by atoms with E-state index >= 15 is 0 Å². The summed E-state index contributed by atoms with van der Waals surface area (Å²) in [7, 11) is 0. The van der Waals surface area contributed by atoms with Gasteiger partial charge in [0.1, 0.15) is 0 Å². The van der Waals surface area contributed by atoms with E-state index in [0.29, 0.717) is 6.61 Å². The summed E-state index contributed by atoms with van der Waals surface area (Å²) < 4.78 is 0. The Hall–Kier alpha value is -0.0100. The number of hydrogen-bond donors (Lipinski definition) is 3. The molecule has 0 rings (SSSR count). The minimum absolute atomic E-state index is 0. The Kier molecular flexibility index (Phi) is 12.3. The van der Waals surface area contributed by atoms with Crippen molar-refractivity contribution in [1.82, 2.24) is 11.0 Å². The summed E-state index contributed by atoms with van der Waals surface area (Å²) in [5.74, 6) is 0. The van der Waals surface area contributed by atoms with Crippen LogP contribution in [0.2, 0.25) is 0 Å². The van der Waals surface area contributed by atoms with E-state index in [1.807, 2.05) is 12.3 Å². The fourth-order valence-corrected chi connectivity index (χ4v) is 0.261. The third-order valence-corrected chi connectivity index (χ3v) is 0.638. The summed E-state index contributed by atoms with van der Waals surface area (Å²) in [6, 6.07) is -0.781. The van der Waals surface area contributed by atoms with Crippen molar-refractivity contribution in [2.24, 2.45) is 5.11 Å².